The van der Waals surface area contributed by atoms with Gasteiger partial charge in [0.05, 0.1) is 0 Å². The Hall–Kier alpha value is -1.06. The van der Waals surface area contributed by atoms with Crippen LogP contribution in [0.2, 0.25) is 0 Å². The van der Waals surface area contributed by atoms with Gasteiger partial charge in [0, 0.05) is 25.3 Å². The lowest BCUT2D eigenvalue weighted by atomic mass is 9.93. The van der Waals surface area contributed by atoms with Crippen molar-refractivity contribution in [2.75, 3.05) is 31.1 Å². The van der Waals surface area contributed by atoms with Gasteiger partial charge >= 0.3 is 0 Å². The van der Waals surface area contributed by atoms with Crippen LogP contribution in [-0.4, -0.2) is 31.3 Å². The first-order valence-electron chi connectivity index (χ1n) is 6.57. The van der Waals surface area contributed by atoms with Crippen LogP contribution in [0.4, 0.5) is 5.69 Å². The highest BCUT2D eigenvalue weighted by atomic mass is 16.3. The molecule has 0 radical (unpaired) electrons. The molecule has 0 aliphatic carbocycles. The molecule has 0 bridgehead atoms. The fourth-order valence-electron chi connectivity index (χ4n) is 2.88. The third kappa shape index (κ3) is 2.05. The Morgan fingerprint density at radius 2 is 1.82 bits per heavy atom. The molecule has 2 N–H and O–H groups in total. The quantitative estimate of drug-likeness (QED) is 0.810. The first kappa shape index (κ1) is 11.1. The van der Waals surface area contributed by atoms with Crippen molar-refractivity contribution in [2.45, 2.75) is 24.9 Å². The molecule has 1 unspecified atom stereocenters. The van der Waals surface area contributed by atoms with Crippen LogP contribution in [0.15, 0.2) is 24.3 Å². The molecule has 3 heteroatoms. The SMILES string of the molecule is OC1(c2ccc(N3CCCC3)cc2)CCNC1. The van der Waals surface area contributed by atoms with E-state index in [0.29, 0.717) is 6.54 Å². The summed E-state index contributed by atoms with van der Waals surface area (Å²) in [7, 11) is 0. The molecule has 92 valence electrons. The maximum atomic E-state index is 10.4. The summed E-state index contributed by atoms with van der Waals surface area (Å²) in [6.07, 6.45) is 3.42. The predicted octanol–water partition coefficient (Wildman–Crippen LogP) is 1.47. The Labute approximate surface area is 102 Å². The van der Waals surface area contributed by atoms with Crippen molar-refractivity contribution in [3.8, 4) is 0 Å². The van der Waals surface area contributed by atoms with E-state index in [0.717, 1.165) is 18.5 Å². The van der Waals surface area contributed by atoms with Gasteiger partial charge < -0.3 is 15.3 Å². The minimum Gasteiger partial charge on any atom is -0.384 e. The molecule has 2 aliphatic heterocycles. The standard InChI is InChI=1S/C14H20N2O/c17-14(7-8-15-11-14)12-3-5-13(6-4-12)16-9-1-2-10-16/h3-6,15,17H,1-2,7-11H2. The first-order chi connectivity index (χ1) is 8.28. The average molecular weight is 232 g/mol. The van der Waals surface area contributed by atoms with E-state index in [9.17, 15) is 5.11 Å². The van der Waals surface area contributed by atoms with E-state index >= 15 is 0 Å². The lowest BCUT2D eigenvalue weighted by molar-refractivity contribution is 0.0588. The van der Waals surface area contributed by atoms with E-state index in [2.05, 4.69) is 34.5 Å². The van der Waals surface area contributed by atoms with Crippen LogP contribution in [0.5, 0.6) is 0 Å². The molecule has 3 rings (SSSR count). The Kier molecular flexibility index (Phi) is 2.81. The van der Waals surface area contributed by atoms with Crippen molar-refractivity contribution < 1.29 is 5.11 Å². The number of nitrogens with one attached hydrogen (secondary N) is 1. The predicted molar refractivity (Wildman–Crippen MR) is 69.3 cm³/mol. The van der Waals surface area contributed by atoms with Crippen LogP contribution in [0.25, 0.3) is 0 Å². The van der Waals surface area contributed by atoms with Crippen molar-refractivity contribution in [3.05, 3.63) is 29.8 Å². The summed E-state index contributed by atoms with van der Waals surface area (Å²) in [5.74, 6) is 0. The largest absolute Gasteiger partial charge is 0.384 e. The molecule has 0 saturated carbocycles. The van der Waals surface area contributed by atoms with Gasteiger partial charge in [0.15, 0.2) is 0 Å². The Bertz CT molecular complexity index is 376. The third-order valence-corrected chi connectivity index (χ3v) is 4.01. The van der Waals surface area contributed by atoms with Crippen molar-refractivity contribution in [3.63, 3.8) is 0 Å². The first-order valence-corrected chi connectivity index (χ1v) is 6.57. The summed E-state index contributed by atoms with van der Waals surface area (Å²) in [5, 5.41) is 13.7. The van der Waals surface area contributed by atoms with Crippen molar-refractivity contribution in [1.29, 1.82) is 0 Å². The van der Waals surface area contributed by atoms with Gasteiger partial charge in [-0.1, -0.05) is 12.1 Å². The Morgan fingerprint density at radius 3 is 2.41 bits per heavy atom. The van der Waals surface area contributed by atoms with Crippen LogP contribution in [0, 0.1) is 0 Å². The maximum absolute atomic E-state index is 10.4. The molecule has 1 atom stereocenters. The van der Waals surface area contributed by atoms with Crippen LogP contribution in [0.1, 0.15) is 24.8 Å². The van der Waals surface area contributed by atoms with Gasteiger partial charge in [-0.25, -0.2) is 0 Å². The lowest BCUT2D eigenvalue weighted by Crippen LogP contribution is -2.28. The highest BCUT2D eigenvalue weighted by Crippen LogP contribution is 2.29. The average Bonchev–Trinajstić information content (AvgIpc) is 3.01. The fourth-order valence-corrected chi connectivity index (χ4v) is 2.88. The maximum Gasteiger partial charge on any atom is 0.103 e. The third-order valence-electron chi connectivity index (χ3n) is 4.01. The molecule has 2 heterocycles. The van der Waals surface area contributed by atoms with Gasteiger partial charge in [0.2, 0.25) is 0 Å². The van der Waals surface area contributed by atoms with E-state index in [1.165, 1.54) is 31.6 Å². The molecule has 1 aromatic rings. The van der Waals surface area contributed by atoms with Gasteiger partial charge in [0.25, 0.3) is 0 Å². The summed E-state index contributed by atoms with van der Waals surface area (Å²) >= 11 is 0. The summed E-state index contributed by atoms with van der Waals surface area (Å²) in [6, 6.07) is 8.47. The number of benzene rings is 1. The van der Waals surface area contributed by atoms with Gasteiger partial charge in [-0.05, 0) is 43.5 Å². The van der Waals surface area contributed by atoms with Gasteiger partial charge in [-0.15, -0.1) is 0 Å². The number of rotatable bonds is 2. The second-order valence-electron chi connectivity index (χ2n) is 5.20. The molecule has 2 fully saturated rings. The second-order valence-corrected chi connectivity index (χ2v) is 5.20. The second kappa shape index (κ2) is 4.31. The number of β-amino-alcohol motifs (C(OH)–C–C–N with tert-alkyl or cyclic N) is 1. The molecule has 2 saturated heterocycles. The van der Waals surface area contributed by atoms with Crippen molar-refractivity contribution in [1.82, 2.24) is 5.32 Å². The minimum atomic E-state index is -0.649. The zero-order chi connectivity index (χ0) is 11.7. The van der Waals surface area contributed by atoms with E-state index in [1.54, 1.807) is 0 Å². The molecule has 0 aromatic heterocycles. The van der Waals surface area contributed by atoms with Crippen molar-refractivity contribution >= 4 is 5.69 Å². The normalized spacial score (nSPS) is 28.9. The van der Waals surface area contributed by atoms with Gasteiger partial charge in [-0.2, -0.15) is 0 Å². The minimum absolute atomic E-state index is 0.649. The number of nitrogens with zero attached hydrogens (tertiary/aromatic N) is 1. The molecule has 3 nitrogen and oxygen atoms in total. The Balaban J connectivity index is 1.79. The van der Waals surface area contributed by atoms with E-state index in [-0.39, 0.29) is 0 Å². The van der Waals surface area contributed by atoms with Crippen LogP contribution < -0.4 is 10.2 Å². The number of aliphatic hydroxyl groups is 1. The zero-order valence-corrected chi connectivity index (χ0v) is 10.2. The van der Waals surface area contributed by atoms with E-state index in [4.69, 9.17) is 0 Å². The number of hydrogen-bond acceptors (Lipinski definition) is 3. The van der Waals surface area contributed by atoms with Gasteiger partial charge in [0.1, 0.15) is 5.60 Å². The molecule has 0 spiro atoms. The van der Waals surface area contributed by atoms with E-state index in [1.807, 2.05) is 0 Å². The summed E-state index contributed by atoms with van der Waals surface area (Å²) in [4.78, 5) is 2.42. The van der Waals surface area contributed by atoms with Crippen molar-refractivity contribution in [2.24, 2.45) is 0 Å². The zero-order valence-electron chi connectivity index (χ0n) is 10.2. The highest BCUT2D eigenvalue weighted by Gasteiger charge is 2.32. The molecular weight excluding hydrogens is 212 g/mol. The van der Waals surface area contributed by atoms with Crippen LogP contribution in [0.3, 0.4) is 0 Å². The van der Waals surface area contributed by atoms with Crippen LogP contribution in [-0.2, 0) is 5.60 Å². The molecule has 17 heavy (non-hydrogen) atoms. The number of anilines is 1. The monoisotopic (exact) mass is 232 g/mol. The number of hydrogen-bond donors (Lipinski definition) is 2. The van der Waals surface area contributed by atoms with E-state index < -0.39 is 5.60 Å². The Morgan fingerprint density at radius 1 is 1.12 bits per heavy atom. The topological polar surface area (TPSA) is 35.5 Å². The lowest BCUT2D eigenvalue weighted by Gasteiger charge is -2.23. The fraction of sp³-hybridized carbons (Fsp3) is 0.571. The molecule has 0 amide bonds. The molecule has 2 aliphatic rings. The summed E-state index contributed by atoms with van der Waals surface area (Å²) in [6.45, 7) is 3.93. The smallest absolute Gasteiger partial charge is 0.103 e. The molecular formula is C14H20N2O. The summed E-state index contributed by atoms with van der Waals surface area (Å²) in [5.41, 5.74) is 1.69. The van der Waals surface area contributed by atoms with Gasteiger partial charge in [-0.3, -0.25) is 0 Å². The highest BCUT2D eigenvalue weighted by molar-refractivity contribution is 5.49. The molecule has 1 aromatic carbocycles. The van der Waals surface area contributed by atoms with Crippen LogP contribution >= 0.6 is 0 Å². The summed E-state index contributed by atoms with van der Waals surface area (Å²) < 4.78 is 0.